The number of methoxy groups -OCH3 is 2. The summed E-state index contributed by atoms with van der Waals surface area (Å²) >= 11 is 1.62. The van der Waals surface area contributed by atoms with Gasteiger partial charge in [0.1, 0.15) is 6.10 Å². The lowest BCUT2D eigenvalue weighted by Gasteiger charge is -2.51. The van der Waals surface area contributed by atoms with Crippen LogP contribution in [0.3, 0.4) is 0 Å². The van der Waals surface area contributed by atoms with E-state index < -0.39 is 28.3 Å². The van der Waals surface area contributed by atoms with E-state index in [9.17, 15) is 4.79 Å². The number of rotatable bonds is 23. The zero-order valence-corrected chi connectivity index (χ0v) is 43.8. The highest BCUT2D eigenvalue weighted by atomic mass is 32.1. The van der Waals surface area contributed by atoms with E-state index in [0.29, 0.717) is 6.42 Å². The molecule has 1 aromatic heterocycles. The summed E-state index contributed by atoms with van der Waals surface area (Å²) in [6.07, 6.45) is 6.38. The molecule has 0 bridgehead atoms. The van der Waals surface area contributed by atoms with Gasteiger partial charge in [-0.15, -0.1) is 11.3 Å². The van der Waals surface area contributed by atoms with E-state index in [4.69, 9.17) is 23.1 Å². The lowest BCUT2D eigenvalue weighted by atomic mass is 9.74. The number of thiazole rings is 1. The van der Waals surface area contributed by atoms with Crippen molar-refractivity contribution in [2.75, 3.05) is 14.2 Å². The third-order valence-electron chi connectivity index (χ3n) is 13.1. The first-order valence-corrected chi connectivity index (χ1v) is 28.4. The Bertz CT molecular complexity index is 1960. The van der Waals surface area contributed by atoms with E-state index in [1.54, 1.807) is 25.6 Å². The number of benzene rings is 3. The third-order valence-corrected chi connectivity index (χ3v) is 22.5. The van der Waals surface area contributed by atoms with Gasteiger partial charge in [0.15, 0.2) is 14.6 Å². The van der Waals surface area contributed by atoms with Crippen molar-refractivity contribution in [1.82, 2.24) is 4.98 Å². The molecule has 3 aromatic carbocycles. The second kappa shape index (κ2) is 23.1. The van der Waals surface area contributed by atoms with Crippen molar-refractivity contribution < 1.29 is 27.9 Å². The van der Waals surface area contributed by atoms with Crippen LogP contribution in [0.2, 0.25) is 18.1 Å². The van der Waals surface area contributed by atoms with Gasteiger partial charge < -0.3 is 23.1 Å². The maximum Gasteiger partial charge on any atom is 0.303 e. The molecule has 0 N–H and O–H groups in total. The van der Waals surface area contributed by atoms with Crippen molar-refractivity contribution in [3.8, 4) is 0 Å². The van der Waals surface area contributed by atoms with Crippen LogP contribution < -0.4 is 15.6 Å². The van der Waals surface area contributed by atoms with Gasteiger partial charge in [0.25, 0.3) is 8.32 Å². The Morgan fingerprint density at radius 3 is 1.73 bits per heavy atom. The number of carbonyl (C=O) groups excluding carboxylic acids is 1. The number of aryl methyl sites for hydroxylation is 1. The molecule has 0 amide bonds. The van der Waals surface area contributed by atoms with Crippen LogP contribution >= 0.6 is 11.3 Å². The second-order valence-electron chi connectivity index (χ2n) is 19.6. The molecule has 5 atom stereocenters. The first kappa shape index (κ1) is 52.1. The zero-order chi connectivity index (χ0) is 46.6. The summed E-state index contributed by atoms with van der Waals surface area (Å²) in [5, 5.41) is 6.58. The molecule has 0 radical (unpaired) electrons. The van der Waals surface area contributed by atoms with E-state index >= 15 is 0 Å². The number of hydrogen-bond acceptors (Lipinski definition) is 8. The summed E-state index contributed by atoms with van der Waals surface area (Å²) in [6.45, 7) is 28.5. The van der Waals surface area contributed by atoms with Crippen LogP contribution in [-0.2, 0) is 27.9 Å². The number of esters is 1. The van der Waals surface area contributed by atoms with Crippen LogP contribution in [0.5, 0.6) is 0 Å². The van der Waals surface area contributed by atoms with Gasteiger partial charge in [-0.2, -0.15) is 0 Å². The summed E-state index contributed by atoms with van der Waals surface area (Å²) in [5.74, 6) is -0.153. The van der Waals surface area contributed by atoms with E-state index in [2.05, 4.69) is 171 Å². The normalized spacial score (nSPS) is 15.8. The number of aromatic nitrogens is 1. The Hall–Kier alpha value is -3.49. The summed E-state index contributed by atoms with van der Waals surface area (Å²) in [7, 11) is -2.05. The minimum absolute atomic E-state index is 0.00250. The van der Waals surface area contributed by atoms with Crippen LogP contribution in [0.1, 0.15) is 106 Å². The van der Waals surface area contributed by atoms with E-state index in [1.165, 1.54) is 28.1 Å². The van der Waals surface area contributed by atoms with Crippen molar-refractivity contribution in [3.05, 3.63) is 124 Å². The van der Waals surface area contributed by atoms with Crippen LogP contribution in [0.25, 0.3) is 6.08 Å². The molecule has 10 heteroatoms. The topological polar surface area (TPSA) is 76.1 Å². The lowest BCUT2D eigenvalue weighted by Crippen LogP contribution is -2.72. The molecule has 7 nitrogen and oxygen atoms in total. The van der Waals surface area contributed by atoms with Crippen molar-refractivity contribution >= 4 is 55.6 Å². The summed E-state index contributed by atoms with van der Waals surface area (Å²) in [5.41, 5.74) is 2.54. The van der Waals surface area contributed by atoms with Gasteiger partial charge in [-0.25, -0.2) is 4.98 Å². The molecular weight excluding hydrogens is 835 g/mol. The number of allylic oxidation sites excluding steroid dienone is 1. The van der Waals surface area contributed by atoms with E-state index in [-0.39, 0.29) is 41.2 Å². The highest BCUT2D eigenvalue weighted by molar-refractivity contribution is 7.09. The van der Waals surface area contributed by atoms with Gasteiger partial charge in [-0.1, -0.05) is 151 Å². The van der Waals surface area contributed by atoms with Gasteiger partial charge in [0.2, 0.25) is 0 Å². The standard InChI is InChI=1S/C53H77NO6SSi2/c1-38(34-35-48(58-43(6)55)40(3)36-44-37-61-42(5)54-44)26-25-27-39(2)49(59-62(14,15)52(7,8)9)41(4)50(53(10,11)51(56-12)57-13)60-63(45-28-19-16-20-29-45,46-30-21-17-22-31-46)47-32-23-18-24-33-47/h16-24,28-34,36-37,39,41,48-51H,25-27,35H2,1-15H3/b38-34-,40-36+/t39-,41+,48-,49-,50+/m0/s1. The molecule has 0 aliphatic heterocycles. The Morgan fingerprint density at radius 1 is 0.794 bits per heavy atom. The minimum atomic E-state index is -3.21. The number of ether oxygens (including phenoxy) is 3. The van der Waals surface area contributed by atoms with E-state index in [0.717, 1.165) is 35.5 Å². The Labute approximate surface area is 386 Å². The second-order valence-corrected chi connectivity index (χ2v) is 28.7. The highest BCUT2D eigenvalue weighted by Crippen LogP contribution is 2.44. The average Bonchev–Trinajstić information content (AvgIpc) is 3.66. The first-order chi connectivity index (χ1) is 29.7. The molecule has 0 aliphatic rings. The average molecular weight is 912 g/mol. The predicted octanol–water partition coefficient (Wildman–Crippen LogP) is 11.7. The Morgan fingerprint density at radius 2 is 1.30 bits per heavy atom. The van der Waals surface area contributed by atoms with Crippen LogP contribution in [0, 0.1) is 24.2 Å². The smallest absolute Gasteiger partial charge is 0.303 e. The number of nitrogens with zero attached hydrogens (tertiary/aromatic N) is 1. The molecule has 0 fully saturated rings. The molecule has 1 heterocycles. The zero-order valence-electron chi connectivity index (χ0n) is 41.0. The predicted molar refractivity (Wildman–Crippen MR) is 269 cm³/mol. The fraction of sp³-hybridized carbons (Fsp3) is 0.509. The minimum Gasteiger partial charge on any atom is -0.458 e. The largest absolute Gasteiger partial charge is 0.458 e. The lowest BCUT2D eigenvalue weighted by molar-refractivity contribution is -0.206. The molecular formula is C53H77NO6SSi2. The molecule has 0 aliphatic carbocycles. The summed E-state index contributed by atoms with van der Waals surface area (Å²) in [6, 6.07) is 32.4. The SMILES string of the molecule is COC(OC)C(C)(C)[C@H](O[Si](c1ccccc1)(c1ccccc1)c1ccccc1)[C@H](C)[C@@H](O[Si](C)(C)C(C)(C)C)[C@@H](C)CCC/C(C)=C\C[C@H](OC(C)=O)/C(C)=C/c1csc(C)n1. The molecule has 0 spiro atoms. The van der Waals surface area contributed by atoms with Gasteiger partial charge in [-0.3, -0.25) is 4.79 Å². The van der Waals surface area contributed by atoms with Crippen LogP contribution in [0.15, 0.2) is 114 Å². The van der Waals surface area contributed by atoms with Crippen LogP contribution in [0.4, 0.5) is 0 Å². The fourth-order valence-electron chi connectivity index (χ4n) is 8.70. The monoisotopic (exact) mass is 912 g/mol. The maximum atomic E-state index is 12.1. The molecule has 0 saturated heterocycles. The molecule has 344 valence electrons. The maximum absolute atomic E-state index is 12.1. The van der Waals surface area contributed by atoms with Gasteiger partial charge in [0.05, 0.1) is 22.9 Å². The highest BCUT2D eigenvalue weighted by Gasteiger charge is 2.53. The molecule has 0 unspecified atom stereocenters. The summed E-state index contributed by atoms with van der Waals surface area (Å²) < 4.78 is 34.0. The van der Waals surface area contributed by atoms with E-state index in [1.807, 2.05) is 25.3 Å². The molecule has 4 aromatic rings. The molecule has 63 heavy (non-hydrogen) atoms. The van der Waals surface area contributed by atoms with Gasteiger partial charge in [-0.05, 0) is 91.3 Å². The quantitative estimate of drug-likeness (QED) is 0.0241. The summed E-state index contributed by atoms with van der Waals surface area (Å²) in [4.78, 5) is 16.7. The molecule has 0 saturated carbocycles. The third kappa shape index (κ3) is 13.5. The Kier molecular flexibility index (Phi) is 19.1. The van der Waals surface area contributed by atoms with Gasteiger partial charge >= 0.3 is 5.97 Å². The number of carbonyl (C=O) groups is 1. The van der Waals surface area contributed by atoms with Crippen molar-refractivity contribution in [3.63, 3.8) is 0 Å². The van der Waals surface area contributed by atoms with Crippen molar-refractivity contribution in [2.24, 2.45) is 17.3 Å². The first-order valence-electron chi connectivity index (χ1n) is 22.7. The fourth-order valence-corrected chi connectivity index (χ4v) is 15.0. The van der Waals surface area contributed by atoms with Gasteiger partial charge in [0, 0.05) is 44.3 Å². The van der Waals surface area contributed by atoms with Crippen molar-refractivity contribution in [2.45, 2.75) is 145 Å². The Balaban J connectivity index is 1.76. The number of hydrogen-bond donors (Lipinski definition) is 0. The van der Waals surface area contributed by atoms with Crippen molar-refractivity contribution in [1.29, 1.82) is 0 Å². The molecule has 4 rings (SSSR count). The van der Waals surface area contributed by atoms with Crippen LogP contribution in [-0.4, -0.2) is 66.4 Å².